The van der Waals surface area contributed by atoms with Gasteiger partial charge >= 0.3 is 0 Å². The number of nitrogens with zero attached hydrogens (tertiary/aromatic N) is 1. The molecule has 2 heterocycles. The third-order valence-electron chi connectivity index (χ3n) is 3.88. The molecule has 2 aromatic carbocycles. The maximum absolute atomic E-state index is 13.3. The van der Waals surface area contributed by atoms with E-state index in [2.05, 4.69) is 27.4 Å². The van der Waals surface area contributed by atoms with E-state index in [0.717, 1.165) is 35.5 Å². The van der Waals surface area contributed by atoms with Crippen molar-refractivity contribution < 1.29 is 4.39 Å². The first-order chi connectivity index (χ1) is 9.81. The number of halogens is 1. The molecule has 2 N–H and O–H groups in total. The number of fused-ring (bicyclic) bond motifs is 2. The lowest BCUT2D eigenvalue weighted by Gasteiger charge is -2.25. The van der Waals surface area contributed by atoms with Gasteiger partial charge in [0, 0.05) is 18.2 Å². The molecule has 0 saturated heterocycles. The number of hydrogen-bond donors (Lipinski definition) is 2. The Hall–Kier alpha value is -2.36. The van der Waals surface area contributed by atoms with Crippen molar-refractivity contribution in [3.8, 4) is 0 Å². The Balaban J connectivity index is 1.84. The topological polar surface area (TPSA) is 40.7 Å². The molecular weight excluding hydrogens is 253 g/mol. The van der Waals surface area contributed by atoms with E-state index in [1.165, 1.54) is 17.7 Å². The molecule has 0 bridgehead atoms. The molecule has 3 aromatic rings. The average molecular weight is 267 g/mol. The summed E-state index contributed by atoms with van der Waals surface area (Å²) < 4.78 is 13.3. The van der Waals surface area contributed by atoms with Crippen LogP contribution in [0.1, 0.15) is 23.7 Å². The van der Waals surface area contributed by atoms with E-state index >= 15 is 0 Å². The zero-order valence-corrected chi connectivity index (χ0v) is 10.9. The van der Waals surface area contributed by atoms with Crippen LogP contribution in [0, 0.1) is 5.82 Å². The first kappa shape index (κ1) is 11.5. The second-order valence-corrected chi connectivity index (χ2v) is 5.14. The number of anilines is 1. The largest absolute Gasteiger partial charge is 0.385 e. The molecular formula is C16H14FN3. The fourth-order valence-electron chi connectivity index (χ4n) is 2.92. The van der Waals surface area contributed by atoms with Crippen molar-refractivity contribution in [2.45, 2.75) is 12.3 Å². The third kappa shape index (κ3) is 1.76. The average Bonchev–Trinajstić information content (AvgIpc) is 2.89. The Bertz CT molecular complexity index is 778. The molecule has 100 valence electrons. The Morgan fingerprint density at radius 1 is 1.15 bits per heavy atom. The fraction of sp³-hybridized carbons (Fsp3) is 0.188. The fourth-order valence-corrected chi connectivity index (χ4v) is 2.92. The number of hydrogen-bond acceptors (Lipinski definition) is 2. The molecule has 1 unspecified atom stereocenters. The first-order valence-corrected chi connectivity index (χ1v) is 6.79. The SMILES string of the molecule is Fc1ccc2nc(C3CCNc4ccccc43)[nH]c2c1. The van der Waals surface area contributed by atoms with Crippen LogP contribution in [0.2, 0.25) is 0 Å². The van der Waals surface area contributed by atoms with E-state index in [4.69, 9.17) is 0 Å². The molecule has 20 heavy (non-hydrogen) atoms. The van der Waals surface area contributed by atoms with Gasteiger partial charge in [0.15, 0.2) is 0 Å². The highest BCUT2D eigenvalue weighted by atomic mass is 19.1. The van der Waals surface area contributed by atoms with Gasteiger partial charge in [-0.3, -0.25) is 0 Å². The number of rotatable bonds is 1. The molecule has 0 fully saturated rings. The summed E-state index contributed by atoms with van der Waals surface area (Å²) in [7, 11) is 0. The van der Waals surface area contributed by atoms with Crippen LogP contribution in [0.5, 0.6) is 0 Å². The smallest absolute Gasteiger partial charge is 0.125 e. The monoisotopic (exact) mass is 267 g/mol. The van der Waals surface area contributed by atoms with Crippen LogP contribution in [0.15, 0.2) is 42.5 Å². The predicted molar refractivity (Wildman–Crippen MR) is 77.4 cm³/mol. The van der Waals surface area contributed by atoms with Gasteiger partial charge in [-0.1, -0.05) is 18.2 Å². The second-order valence-electron chi connectivity index (χ2n) is 5.14. The van der Waals surface area contributed by atoms with Gasteiger partial charge in [-0.05, 0) is 36.2 Å². The summed E-state index contributed by atoms with van der Waals surface area (Å²) in [5.41, 5.74) is 3.99. The van der Waals surface area contributed by atoms with E-state index in [-0.39, 0.29) is 11.7 Å². The number of aromatic amines is 1. The molecule has 1 aliphatic heterocycles. The lowest BCUT2D eigenvalue weighted by molar-refractivity contribution is 0.629. The Morgan fingerprint density at radius 3 is 3.00 bits per heavy atom. The Labute approximate surface area is 115 Å². The number of nitrogens with one attached hydrogen (secondary N) is 2. The van der Waals surface area contributed by atoms with Crippen molar-refractivity contribution in [2.24, 2.45) is 0 Å². The number of H-pyrrole nitrogens is 1. The minimum Gasteiger partial charge on any atom is -0.385 e. The van der Waals surface area contributed by atoms with Crippen LogP contribution in [0.25, 0.3) is 11.0 Å². The Morgan fingerprint density at radius 2 is 2.05 bits per heavy atom. The van der Waals surface area contributed by atoms with Gasteiger partial charge in [0.1, 0.15) is 11.6 Å². The molecule has 1 atom stereocenters. The summed E-state index contributed by atoms with van der Waals surface area (Å²) in [6, 6.07) is 13.0. The molecule has 0 aliphatic carbocycles. The highest BCUT2D eigenvalue weighted by Crippen LogP contribution is 2.35. The third-order valence-corrected chi connectivity index (χ3v) is 3.88. The molecule has 4 rings (SSSR count). The second kappa shape index (κ2) is 4.34. The number of para-hydroxylation sites is 1. The van der Waals surface area contributed by atoms with Crippen LogP contribution in [0.3, 0.4) is 0 Å². The molecule has 0 amide bonds. The summed E-state index contributed by atoms with van der Waals surface area (Å²) in [4.78, 5) is 7.89. The van der Waals surface area contributed by atoms with Crippen molar-refractivity contribution in [1.29, 1.82) is 0 Å². The van der Waals surface area contributed by atoms with Crippen molar-refractivity contribution in [3.63, 3.8) is 0 Å². The number of benzene rings is 2. The van der Waals surface area contributed by atoms with Crippen molar-refractivity contribution in [3.05, 3.63) is 59.7 Å². The number of imidazole rings is 1. The molecule has 1 aliphatic rings. The summed E-state index contributed by atoms with van der Waals surface area (Å²) >= 11 is 0. The van der Waals surface area contributed by atoms with E-state index < -0.39 is 0 Å². The minimum absolute atomic E-state index is 0.238. The molecule has 1 aromatic heterocycles. The van der Waals surface area contributed by atoms with Crippen LogP contribution in [-0.4, -0.2) is 16.5 Å². The van der Waals surface area contributed by atoms with Gasteiger partial charge < -0.3 is 10.3 Å². The summed E-state index contributed by atoms with van der Waals surface area (Å²) in [5, 5.41) is 3.40. The lowest BCUT2D eigenvalue weighted by atomic mass is 9.90. The van der Waals surface area contributed by atoms with Gasteiger partial charge in [0.25, 0.3) is 0 Å². The zero-order chi connectivity index (χ0) is 13.5. The molecule has 0 saturated carbocycles. The quantitative estimate of drug-likeness (QED) is 0.706. The van der Waals surface area contributed by atoms with Gasteiger partial charge in [-0.2, -0.15) is 0 Å². The van der Waals surface area contributed by atoms with Gasteiger partial charge in [-0.25, -0.2) is 9.37 Å². The zero-order valence-electron chi connectivity index (χ0n) is 10.9. The van der Waals surface area contributed by atoms with Crippen LogP contribution < -0.4 is 5.32 Å². The van der Waals surface area contributed by atoms with E-state index in [1.807, 2.05) is 12.1 Å². The van der Waals surface area contributed by atoms with Crippen molar-refractivity contribution >= 4 is 16.7 Å². The minimum atomic E-state index is -0.238. The van der Waals surface area contributed by atoms with E-state index in [1.54, 1.807) is 6.07 Å². The molecule has 0 radical (unpaired) electrons. The molecule has 4 heteroatoms. The number of aromatic nitrogens is 2. The highest BCUT2D eigenvalue weighted by Gasteiger charge is 2.23. The van der Waals surface area contributed by atoms with E-state index in [0.29, 0.717) is 0 Å². The highest BCUT2D eigenvalue weighted by molar-refractivity contribution is 5.75. The molecule has 0 spiro atoms. The Kier molecular flexibility index (Phi) is 2.49. The van der Waals surface area contributed by atoms with Crippen molar-refractivity contribution in [2.75, 3.05) is 11.9 Å². The van der Waals surface area contributed by atoms with Gasteiger partial charge in [-0.15, -0.1) is 0 Å². The van der Waals surface area contributed by atoms with Crippen LogP contribution >= 0.6 is 0 Å². The first-order valence-electron chi connectivity index (χ1n) is 6.79. The van der Waals surface area contributed by atoms with Crippen molar-refractivity contribution in [1.82, 2.24) is 9.97 Å². The summed E-state index contributed by atoms with van der Waals surface area (Å²) in [6.45, 7) is 0.924. The van der Waals surface area contributed by atoms with Crippen LogP contribution in [0.4, 0.5) is 10.1 Å². The normalized spacial score (nSPS) is 17.8. The van der Waals surface area contributed by atoms with E-state index in [9.17, 15) is 4.39 Å². The standard InChI is InChI=1S/C16H14FN3/c17-10-5-6-14-15(9-10)20-16(19-14)12-7-8-18-13-4-2-1-3-11(12)13/h1-6,9,12,18H,7-8H2,(H,19,20). The summed E-state index contributed by atoms with van der Waals surface area (Å²) in [6.07, 6.45) is 0.985. The van der Waals surface area contributed by atoms with Gasteiger partial charge in [0.05, 0.1) is 11.0 Å². The van der Waals surface area contributed by atoms with Gasteiger partial charge in [0.2, 0.25) is 0 Å². The lowest BCUT2D eigenvalue weighted by Crippen LogP contribution is -2.18. The summed E-state index contributed by atoms with van der Waals surface area (Å²) in [5.74, 6) is 0.917. The molecule has 3 nitrogen and oxygen atoms in total. The maximum atomic E-state index is 13.3. The predicted octanol–water partition coefficient (Wildman–Crippen LogP) is 3.65. The maximum Gasteiger partial charge on any atom is 0.125 e. The van der Waals surface area contributed by atoms with Crippen LogP contribution in [-0.2, 0) is 0 Å².